The maximum absolute atomic E-state index is 11.8. The number of nitriles is 1. The van der Waals surface area contributed by atoms with Gasteiger partial charge in [0.15, 0.2) is 5.88 Å². The van der Waals surface area contributed by atoms with Crippen molar-refractivity contribution in [2.24, 2.45) is 7.05 Å². The molecule has 0 unspecified atom stereocenters. The second kappa shape index (κ2) is 4.83. The van der Waals surface area contributed by atoms with Crippen LogP contribution in [0, 0.1) is 18.3 Å². The van der Waals surface area contributed by atoms with E-state index < -0.39 is 5.56 Å². The molecular formula is C13H17N3O2. The van der Waals surface area contributed by atoms with Gasteiger partial charge < -0.3 is 5.11 Å². The van der Waals surface area contributed by atoms with E-state index in [2.05, 4.69) is 4.90 Å². The predicted octanol–water partition coefficient (Wildman–Crippen LogP) is 0.867. The SMILES string of the molecule is Cc1c(CN2CCCC2)c(O)n(C)c(=O)c1C#N. The lowest BCUT2D eigenvalue weighted by Crippen LogP contribution is -2.26. The molecule has 96 valence electrons. The van der Waals surface area contributed by atoms with Gasteiger partial charge in [-0.25, -0.2) is 0 Å². The Balaban J connectivity index is 2.49. The summed E-state index contributed by atoms with van der Waals surface area (Å²) in [7, 11) is 1.49. The topological polar surface area (TPSA) is 69.3 Å². The molecule has 5 heteroatoms. The summed E-state index contributed by atoms with van der Waals surface area (Å²) < 4.78 is 1.15. The minimum absolute atomic E-state index is 0.0246. The first kappa shape index (κ1) is 12.7. The van der Waals surface area contributed by atoms with Crippen molar-refractivity contribution in [3.63, 3.8) is 0 Å². The number of nitrogens with zero attached hydrogens (tertiary/aromatic N) is 3. The third-order valence-corrected chi connectivity index (χ3v) is 3.63. The molecule has 1 N–H and O–H groups in total. The average Bonchev–Trinajstić information content (AvgIpc) is 2.86. The highest BCUT2D eigenvalue weighted by Crippen LogP contribution is 2.24. The van der Waals surface area contributed by atoms with Crippen LogP contribution in [0.15, 0.2) is 4.79 Å². The number of hydrogen-bond acceptors (Lipinski definition) is 4. The Kier molecular flexibility index (Phi) is 3.39. The summed E-state index contributed by atoms with van der Waals surface area (Å²) in [5.41, 5.74) is 0.989. The monoisotopic (exact) mass is 247 g/mol. The van der Waals surface area contributed by atoms with Crippen LogP contribution < -0.4 is 5.56 Å². The number of pyridine rings is 1. The van der Waals surface area contributed by atoms with Crippen LogP contribution in [0.3, 0.4) is 0 Å². The van der Waals surface area contributed by atoms with Crippen LogP contribution >= 0.6 is 0 Å². The van der Waals surface area contributed by atoms with E-state index in [4.69, 9.17) is 5.26 Å². The highest BCUT2D eigenvalue weighted by molar-refractivity contribution is 5.45. The number of aromatic hydroxyl groups is 1. The zero-order valence-corrected chi connectivity index (χ0v) is 10.7. The van der Waals surface area contributed by atoms with Crippen molar-refractivity contribution in [3.8, 4) is 11.9 Å². The molecule has 2 rings (SSSR count). The van der Waals surface area contributed by atoms with Gasteiger partial charge in [-0.15, -0.1) is 0 Å². The van der Waals surface area contributed by atoms with Gasteiger partial charge in [-0.05, 0) is 38.4 Å². The molecule has 0 atom stereocenters. The molecule has 0 amide bonds. The average molecular weight is 247 g/mol. The molecule has 1 aliphatic rings. The van der Waals surface area contributed by atoms with Crippen molar-refractivity contribution in [2.45, 2.75) is 26.3 Å². The molecule has 2 heterocycles. The molecule has 18 heavy (non-hydrogen) atoms. The van der Waals surface area contributed by atoms with Crippen molar-refractivity contribution in [2.75, 3.05) is 13.1 Å². The Morgan fingerprint density at radius 2 is 2.00 bits per heavy atom. The Morgan fingerprint density at radius 3 is 2.56 bits per heavy atom. The zero-order valence-electron chi connectivity index (χ0n) is 10.7. The second-order valence-electron chi connectivity index (χ2n) is 4.76. The van der Waals surface area contributed by atoms with Crippen molar-refractivity contribution < 1.29 is 5.11 Å². The Hall–Kier alpha value is -1.80. The second-order valence-corrected chi connectivity index (χ2v) is 4.76. The van der Waals surface area contributed by atoms with Crippen molar-refractivity contribution >= 4 is 0 Å². The van der Waals surface area contributed by atoms with E-state index in [1.807, 2.05) is 6.07 Å². The molecule has 1 fully saturated rings. The molecule has 5 nitrogen and oxygen atoms in total. The first-order valence-electron chi connectivity index (χ1n) is 6.10. The van der Waals surface area contributed by atoms with E-state index in [0.29, 0.717) is 17.7 Å². The van der Waals surface area contributed by atoms with Crippen LogP contribution in [-0.2, 0) is 13.6 Å². The summed E-state index contributed by atoms with van der Waals surface area (Å²) in [6.45, 7) is 4.33. The van der Waals surface area contributed by atoms with Gasteiger partial charge in [0, 0.05) is 19.2 Å². The van der Waals surface area contributed by atoms with Crippen LogP contribution in [0.1, 0.15) is 29.5 Å². The smallest absolute Gasteiger partial charge is 0.271 e. The Morgan fingerprint density at radius 1 is 1.39 bits per heavy atom. The van der Waals surface area contributed by atoms with E-state index in [1.54, 1.807) is 6.92 Å². The lowest BCUT2D eigenvalue weighted by atomic mass is 10.1. The van der Waals surface area contributed by atoms with E-state index >= 15 is 0 Å². The normalized spacial score (nSPS) is 15.8. The highest BCUT2D eigenvalue weighted by Gasteiger charge is 2.20. The zero-order chi connectivity index (χ0) is 13.3. The van der Waals surface area contributed by atoms with Gasteiger partial charge in [-0.2, -0.15) is 5.26 Å². The summed E-state index contributed by atoms with van der Waals surface area (Å²) >= 11 is 0. The molecule has 1 saturated heterocycles. The number of likely N-dealkylation sites (tertiary alicyclic amines) is 1. The van der Waals surface area contributed by atoms with Crippen LogP contribution in [0.2, 0.25) is 0 Å². The molecular weight excluding hydrogens is 230 g/mol. The fourth-order valence-electron chi connectivity index (χ4n) is 2.43. The van der Waals surface area contributed by atoms with Crippen molar-refractivity contribution in [3.05, 3.63) is 27.0 Å². The minimum Gasteiger partial charge on any atom is -0.494 e. The number of rotatable bonds is 2. The molecule has 1 aliphatic heterocycles. The Bertz CT molecular complexity index is 563. The molecule has 0 aromatic carbocycles. The lowest BCUT2D eigenvalue weighted by Gasteiger charge is -2.19. The highest BCUT2D eigenvalue weighted by atomic mass is 16.3. The van der Waals surface area contributed by atoms with Crippen LogP contribution in [0.25, 0.3) is 0 Å². The third kappa shape index (κ3) is 2.00. The van der Waals surface area contributed by atoms with Crippen molar-refractivity contribution in [1.82, 2.24) is 9.47 Å². The predicted molar refractivity (Wildman–Crippen MR) is 67.3 cm³/mol. The first-order valence-corrected chi connectivity index (χ1v) is 6.10. The molecule has 0 spiro atoms. The van der Waals surface area contributed by atoms with Crippen LogP contribution in [-0.4, -0.2) is 27.7 Å². The Labute approximate surface area is 106 Å². The van der Waals surface area contributed by atoms with Gasteiger partial charge in [0.2, 0.25) is 0 Å². The number of aromatic nitrogens is 1. The maximum Gasteiger partial charge on any atom is 0.271 e. The summed E-state index contributed by atoms with van der Waals surface area (Å²) in [5, 5.41) is 19.1. The summed E-state index contributed by atoms with van der Waals surface area (Å²) in [5.74, 6) is -0.0246. The van der Waals surface area contributed by atoms with E-state index in [0.717, 1.165) is 30.5 Å². The summed E-state index contributed by atoms with van der Waals surface area (Å²) in [4.78, 5) is 14.0. The van der Waals surface area contributed by atoms with Gasteiger partial charge in [0.25, 0.3) is 5.56 Å². The molecule has 1 aromatic heterocycles. The molecule has 0 radical (unpaired) electrons. The summed E-state index contributed by atoms with van der Waals surface area (Å²) in [6.07, 6.45) is 2.33. The van der Waals surface area contributed by atoms with Gasteiger partial charge in [-0.1, -0.05) is 0 Å². The van der Waals surface area contributed by atoms with Gasteiger partial charge in [0.1, 0.15) is 11.6 Å². The van der Waals surface area contributed by atoms with E-state index in [1.165, 1.54) is 7.05 Å². The maximum atomic E-state index is 11.8. The van der Waals surface area contributed by atoms with Gasteiger partial charge in [0.05, 0.1) is 0 Å². The fraction of sp³-hybridized carbons (Fsp3) is 0.538. The van der Waals surface area contributed by atoms with Gasteiger partial charge in [-0.3, -0.25) is 14.3 Å². The lowest BCUT2D eigenvalue weighted by molar-refractivity contribution is 0.317. The van der Waals surface area contributed by atoms with Crippen LogP contribution in [0.4, 0.5) is 0 Å². The van der Waals surface area contributed by atoms with Crippen molar-refractivity contribution in [1.29, 1.82) is 5.26 Å². The van der Waals surface area contributed by atoms with Gasteiger partial charge >= 0.3 is 0 Å². The number of hydrogen-bond donors (Lipinski definition) is 1. The summed E-state index contributed by atoms with van der Waals surface area (Å²) in [6, 6.07) is 1.93. The molecule has 0 saturated carbocycles. The van der Waals surface area contributed by atoms with E-state index in [-0.39, 0.29) is 11.4 Å². The van der Waals surface area contributed by atoms with Crippen LogP contribution in [0.5, 0.6) is 5.88 Å². The first-order chi connectivity index (χ1) is 8.56. The standard InChI is InChI=1S/C13H17N3O2/c1-9-10(7-14)12(17)15(2)13(18)11(9)8-16-5-3-4-6-16/h18H,3-6,8H2,1-2H3. The van der Waals surface area contributed by atoms with E-state index in [9.17, 15) is 9.90 Å². The third-order valence-electron chi connectivity index (χ3n) is 3.63. The minimum atomic E-state index is -0.433. The molecule has 1 aromatic rings. The fourth-order valence-corrected chi connectivity index (χ4v) is 2.43. The largest absolute Gasteiger partial charge is 0.494 e. The molecule has 0 bridgehead atoms. The molecule has 0 aliphatic carbocycles. The quantitative estimate of drug-likeness (QED) is 0.841.